The Bertz CT molecular complexity index is 682. The highest BCUT2D eigenvalue weighted by molar-refractivity contribution is 6.31. The Hall–Kier alpha value is -1.56. The average molecular weight is 325 g/mol. The van der Waals surface area contributed by atoms with Gasteiger partial charge in [-0.25, -0.2) is 0 Å². The van der Waals surface area contributed by atoms with Crippen LogP contribution in [-0.2, 0) is 17.6 Å². The molecule has 1 aromatic carbocycles. The number of aromatic amines is 1. The zero-order chi connectivity index (χ0) is 16.3. The number of nitrogens with one attached hydrogen (secondary N) is 2. The maximum Gasteiger partial charge on any atom is 0.224 e. The summed E-state index contributed by atoms with van der Waals surface area (Å²) in [6.45, 7) is 4.20. The molecule has 0 fully saturated rings. The molecule has 0 saturated carbocycles. The molecule has 0 aliphatic carbocycles. The van der Waals surface area contributed by atoms with Crippen molar-refractivity contribution in [2.24, 2.45) is 0 Å². The molecule has 22 heavy (non-hydrogen) atoms. The van der Waals surface area contributed by atoms with Gasteiger partial charge in [0.1, 0.15) is 6.10 Å². The second kappa shape index (κ2) is 7.13. The van der Waals surface area contributed by atoms with Crippen LogP contribution in [0.2, 0.25) is 5.02 Å². The van der Waals surface area contributed by atoms with Crippen molar-refractivity contribution < 1.29 is 15.0 Å². The fraction of sp³-hybridized carbons (Fsp3) is 0.438. The lowest BCUT2D eigenvalue weighted by atomic mass is 9.98. The molecule has 2 heterocycles. The number of rotatable bonds is 2. The molecule has 0 saturated heterocycles. The molecule has 1 atom stereocenters. The van der Waals surface area contributed by atoms with Crippen LogP contribution in [0.15, 0.2) is 12.1 Å². The maximum atomic E-state index is 11.7. The summed E-state index contributed by atoms with van der Waals surface area (Å²) in [6.07, 6.45) is -0.0353. The first-order chi connectivity index (χ1) is 10.6. The topological polar surface area (TPSA) is 85.4 Å². The van der Waals surface area contributed by atoms with Crippen LogP contribution in [0.1, 0.15) is 36.8 Å². The molecule has 0 radical (unpaired) electrons. The van der Waals surface area contributed by atoms with Crippen LogP contribution in [0.5, 0.6) is 0 Å². The smallest absolute Gasteiger partial charge is 0.224 e. The minimum Gasteiger partial charge on any atom is -0.393 e. The van der Waals surface area contributed by atoms with Crippen molar-refractivity contribution in [1.29, 1.82) is 0 Å². The SMILES string of the molecule is CC.O=C1Cc2c([nH]c3cc(Cl)cc(C(O)CO)c23)CCN1. The lowest BCUT2D eigenvalue weighted by molar-refractivity contribution is -0.120. The number of aliphatic hydroxyl groups is 2. The van der Waals surface area contributed by atoms with Gasteiger partial charge in [-0.15, -0.1) is 0 Å². The quantitative estimate of drug-likeness (QED) is 0.682. The third kappa shape index (κ3) is 3.11. The van der Waals surface area contributed by atoms with Crippen molar-refractivity contribution in [3.8, 4) is 0 Å². The van der Waals surface area contributed by atoms with Gasteiger partial charge in [-0.05, 0) is 23.3 Å². The monoisotopic (exact) mass is 324 g/mol. The first-order valence-corrected chi connectivity index (χ1v) is 7.86. The van der Waals surface area contributed by atoms with Gasteiger partial charge in [0.15, 0.2) is 0 Å². The van der Waals surface area contributed by atoms with Crippen LogP contribution >= 0.6 is 11.6 Å². The molecule has 0 spiro atoms. The molecule has 2 aromatic rings. The lowest BCUT2D eigenvalue weighted by Crippen LogP contribution is -2.24. The highest BCUT2D eigenvalue weighted by Gasteiger charge is 2.22. The van der Waals surface area contributed by atoms with Gasteiger partial charge in [0, 0.05) is 34.6 Å². The number of aliphatic hydroxyl groups excluding tert-OH is 2. The van der Waals surface area contributed by atoms with Crippen molar-refractivity contribution in [3.05, 3.63) is 34.0 Å². The van der Waals surface area contributed by atoms with E-state index in [4.69, 9.17) is 11.6 Å². The summed E-state index contributed by atoms with van der Waals surface area (Å²) in [5.74, 6) is -0.0379. The Morgan fingerprint density at radius 2 is 2.09 bits per heavy atom. The summed E-state index contributed by atoms with van der Waals surface area (Å²) >= 11 is 6.06. The lowest BCUT2D eigenvalue weighted by Gasteiger charge is -2.11. The highest BCUT2D eigenvalue weighted by Crippen LogP contribution is 2.33. The molecule has 1 aliphatic heterocycles. The third-order valence-electron chi connectivity index (χ3n) is 3.65. The van der Waals surface area contributed by atoms with E-state index in [2.05, 4.69) is 10.3 Å². The Labute approximate surface area is 134 Å². The van der Waals surface area contributed by atoms with Gasteiger partial charge in [-0.2, -0.15) is 0 Å². The van der Waals surface area contributed by atoms with Crippen LogP contribution in [-0.4, -0.2) is 34.3 Å². The van der Waals surface area contributed by atoms with Gasteiger partial charge in [-0.3, -0.25) is 4.79 Å². The van der Waals surface area contributed by atoms with Crippen molar-refractivity contribution >= 4 is 28.4 Å². The van der Waals surface area contributed by atoms with E-state index in [0.717, 1.165) is 22.2 Å². The van der Waals surface area contributed by atoms with Crippen LogP contribution in [0, 0.1) is 0 Å². The van der Waals surface area contributed by atoms with Crippen molar-refractivity contribution in [3.63, 3.8) is 0 Å². The van der Waals surface area contributed by atoms with Crippen molar-refractivity contribution in [2.45, 2.75) is 32.8 Å². The van der Waals surface area contributed by atoms with Gasteiger partial charge >= 0.3 is 0 Å². The molecule has 120 valence electrons. The van der Waals surface area contributed by atoms with Gasteiger partial charge in [-0.1, -0.05) is 25.4 Å². The second-order valence-corrected chi connectivity index (χ2v) is 5.41. The van der Waals surface area contributed by atoms with E-state index in [1.54, 1.807) is 12.1 Å². The number of hydrogen-bond acceptors (Lipinski definition) is 3. The molecule has 1 unspecified atom stereocenters. The zero-order valence-corrected chi connectivity index (χ0v) is 13.5. The minimum atomic E-state index is -1.01. The van der Waals surface area contributed by atoms with E-state index in [9.17, 15) is 15.0 Å². The van der Waals surface area contributed by atoms with E-state index in [1.165, 1.54) is 0 Å². The maximum absolute atomic E-state index is 11.7. The molecular formula is C16H21ClN2O3. The number of H-pyrrole nitrogens is 1. The molecule has 1 amide bonds. The highest BCUT2D eigenvalue weighted by atomic mass is 35.5. The second-order valence-electron chi connectivity index (χ2n) is 4.97. The van der Waals surface area contributed by atoms with E-state index in [0.29, 0.717) is 23.6 Å². The predicted octanol–water partition coefficient (Wildman–Crippen LogP) is 2.09. The summed E-state index contributed by atoms with van der Waals surface area (Å²) in [6, 6.07) is 3.42. The van der Waals surface area contributed by atoms with Gasteiger partial charge in [0.2, 0.25) is 5.91 Å². The summed E-state index contributed by atoms with van der Waals surface area (Å²) < 4.78 is 0. The Kier molecular flexibility index (Phi) is 5.45. The number of fused-ring (bicyclic) bond motifs is 3. The summed E-state index contributed by atoms with van der Waals surface area (Å²) in [4.78, 5) is 15.0. The Balaban J connectivity index is 0.000000847. The first-order valence-electron chi connectivity index (χ1n) is 7.48. The summed E-state index contributed by atoms with van der Waals surface area (Å²) in [7, 11) is 0. The fourth-order valence-corrected chi connectivity index (χ4v) is 3.00. The largest absolute Gasteiger partial charge is 0.393 e. The summed E-state index contributed by atoms with van der Waals surface area (Å²) in [5.41, 5.74) is 3.21. The van der Waals surface area contributed by atoms with E-state index in [1.807, 2.05) is 13.8 Å². The number of amides is 1. The van der Waals surface area contributed by atoms with Gasteiger partial charge in [0.05, 0.1) is 13.0 Å². The summed E-state index contributed by atoms with van der Waals surface area (Å²) in [5, 5.41) is 23.3. The average Bonchev–Trinajstić information content (AvgIpc) is 2.74. The molecule has 3 rings (SSSR count). The van der Waals surface area contributed by atoms with Crippen LogP contribution in [0.3, 0.4) is 0 Å². The number of carbonyl (C=O) groups excluding carboxylic acids is 1. The minimum absolute atomic E-state index is 0.0379. The number of halogens is 1. The van der Waals surface area contributed by atoms with Crippen LogP contribution < -0.4 is 5.32 Å². The molecule has 1 aliphatic rings. The van der Waals surface area contributed by atoms with Crippen molar-refractivity contribution in [2.75, 3.05) is 13.2 Å². The molecular weight excluding hydrogens is 304 g/mol. The molecule has 1 aromatic heterocycles. The Morgan fingerprint density at radius 3 is 2.77 bits per heavy atom. The van der Waals surface area contributed by atoms with Gasteiger partial charge in [0.25, 0.3) is 0 Å². The molecule has 5 nitrogen and oxygen atoms in total. The first kappa shape index (κ1) is 16.8. The number of benzene rings is 1. The molecule has 6 heteroatoms. The van der Waals surface area contributed by atoms with Crippen LogP contribution in [0.25, 0.3) is 10.9 Å². The van der Waals surface area contributed by atoms with E-state index >= 15 is 0 Å². The third-order valence-corrected chi connectivity index (χ3v) is 3.87. The van der Waals surface area contributed by atoms with Crippen molar-refractivity contribution in [1.82, 2.24) is 10.3 Å². The van der Waals surface area contributed by atoms with Crippen LogP contribution in [0.4, 0.5) is 0 Å². The van der Waals surface area contributed by atoms with Gasteiger partial charge < -0.3 is 20.5 Å². The normalized spacial score (nSPS) is 15.4. The number of carbonyl (C=O) groups is 1. The standard InChI is InChI=1S/C14H15ClN2O3.C2H6/c15-7-3-9(12(19)6-18)14-8-5-13(20)16-2-1-10(8)17-11(14)4-7;1-2/h3-4,12,17-19H,1-2,5-6H2,(H,16,20);1-2H3. The fourth-order valence-electron chi connectivity index (χ4n) is 2.77. The van der Waals surface area contributed by atoms with E-state index in [-0.39, 0.29) is 18.9 Å². The molecule has 0 bridgehead atoms. The Morgan fingerprint density at radius 1 is 1.36 bits per heavy atom. The number of aromatic nitrogens is 1. The number of hydrogen-bond donors (Lipinski definition) is 4. The zero-order valence-electron chi connectivity index (χ0n) is 12.7. The predicted molar refractivity (Wildman–Crippen MR) is 87.1 cm³/mol. The molecule has 4 N–H and O–H groups in total. The van der Waals surface area contributed by atoms with E-state index < -0.39 is 6.10 Å².